The van der Waals surface area contributed by atoms with E-state index in [1.54, 1.807) is 46.8 Å². The zero-order chi connectivity index (χ0) is 30.3. The Kier molecular flexibility index (Phi) is 8.10. The van der Waals surface area contributed by atoms with Gasteiger partial charge < -0.3 is 19.0 Å². The van der Waals surface area contributed by atoms with Crippen molar-refractivity contribution < 1.29 is 32.7 Å². The highest BCUT2D eigenvalue weighted by Gasteiger charge is 2.42. The van der Waals surface area contributed by atoms with Gasteiger partial charge in [0.05, 0.1) is 0 Å². The first-order chi connectivity index (χ1) is 19.1. The van der Waals surface area contributed by atoms with Crippen LogP contribution in [0.3, 0.4) is 0 Å². The molecule has 3 amide bonds. The topological polar surface area (TPSA) is 135 Å². The Balaban J connectivity index is 1.52. The van der Waals surface area contributed by atoms with Crippen LogP contribution >= 0.6 is 0 Å². The summed E-state index contributed by atoms with van der Waals surface area (Å²) in [6.07, 6.45) is -0.0845. The third-order valence-corrected chi connectivity index (χ3v) is 7.28. The lowest BCUT2D eigenvalue weighted by Gasteiger charge is -2.40. The van der Waals surface area contributed by atoms with Gasteiger partial charge in [-0.15, -0.1) is 5.10 Å². The van der Waals surface area contributed by atoms with Crippen molar-refractivity contribution in [2.45, 2.75) is 84.2 Å². The van der Waals surface area contributed by atoms with Crippen LogP contribution in [0.25, 0.3) is 0 Å². The minimum Gasteiger partial charge on any atom is -0.444 e. The summed E-state index contributed by atoms with van der Waals surface area (Å²) in [5.41, 5.74) is -0.875. The zero-order valence-corrected chi connectivity index (χ0v) is 24.2. The van der Waals surface area contributed by atoms with Gasteiger partial charge in [0.15, 0.2) is 0 Å². The number of hydrogen-bond acceptors (Lipinski definition) is 8. The first-order valence-electron chi connectivity index (χ1n) is 13.5. The molecule has 13 heteroatoms. The molecule has 222 valence electrons. The van der Waals surface area contributed by atoms with Crippen molar-refractivity contribution in [2.24, 2.45) is 7.05 Å². The monoisotopic (exact) mass is 573 g/mol. The van der Waals surface area contributed by atoms with Gasteiger partial charge in [-0.05, 0) is 59.1 Å². The Hall–Kier alpha value is -4.03. The fourth-order valence-electron chi connectivity index (χ4n) is 5.13. The summed E-state index contributed by atoms with van der Waals surface area (Å²) in [5, 5.41) is 3.81. The number of benzene rings is 1. The van der Waals surface area contributed by atoms with Gasteiger partial charge in [-0.3, -0.25) is 19.3 Å². The molecule has 1 aromatic carbocycles. The number of ether oxygens (including phenoxy) is 1. The molecule has 12 nitrogen and oxygen atoms in total. The van der Waals surface area contributed by atoms with Gasteiger partial charge in [-0.2, -0.15) is 4.68 Å². The molecule has 4 rings (SSSR count). The second-order valence-electron chi connectivity index (χ2n) is 12.1. The van der Waals surface area contributed by atoms with Crippen LogP contribution in [0.15, 0.2) is 27.4 Å². The number of aryl methyl sites for hydroxylation is 1. The maximum absolute atomic E-state index is 14.3. The normalized spacial score (nSPS) is 17.0. The Morgan fingerprint density at radius 3 is 2.44 bits per heavy atom. The van der Waals surface area contributed by atoms with Crippen LogP contribution in [-0.2, 0) is 34.5 Å². The number of aromatic nitrogens is 2. The summed E-state index contributed by atoms with van der Waals surface area (Å²) in [6, 6.07) is 3.81. The lowest BCUT2D eigenvalue weighted by molar-refractivity contribution is -0.138. The molecule has 2 aromatic rings. The van der Waals surface area contributed by atoms with E-state index in [1.165, 1.54) is 27.8 Å². The van der Waals surface area contributed by atoms with Gasteiger partial charge in [-0.1, -0.05) is 12.1 Å². The largest absolute Gasteiger partial charge is 0.444 e. The predicted octanol–water partition coefficient (Wildman–Crippen LogP) is 2.63. The van der Waals surface area contributed by atoms with Crippen molar-refractivity contribution in [3.05, 3.63) is 51.6 Å². The van der Waals surface area contributed by atoms with Crippen LogP contribution in [0.4, 0.5) is 9.18 Å². The molecule has 0 saturated carbocycles. The Morgan fingerprint density at radius 2 is 1.83 bits per heavy atom. The van der Waals surface area contributed by atoms with Crippen LogP contribution in [-0.4, -0.2) is 78.4 Å². The van der Waals surface area contributed by atoms with Crippen molar-refractivity contribution >= 4 is 23.7 Å². The van der Waals surface area contributed by atoms with Crippen LogP contribution in [0.2, 0.25) is 0 Å². The third-order valence-electron chi connectivity index (χ3n) is 7.28. The van der Waals surface area contributed by atoms with Gasteiger partial charge in [0.2, 0.25) is 17.6 Å². The van der Waals surface area contributed by atoms with Gasteiger partial charge in [0.25, 0.3) is 5.89 Å². The van der Waals surface area contributed by atoms with E-state index in [4.69, 9.17) is 9.15 Å². The lowest BCUT2D eigenvalue weighted by atomic mass is 9.97. The van der Waals surface area contributed by atoms with Crippen molar-refractivity contribution in [1.82, 2.24) is 24.5 Å². The molecule has 0 N–H and O–H groups in total. The zero-order valence-electron chi connectivity index (χ0n) is 24.2. The summed E-state index contributed by atoms with van der Waals surface area (Å²) in [7, 11) is 1.35. The van der Waals surface area contributed by atoms with E-state index >= 15 is 0 Å². The number of rotatable bonds is 7. The van der Waals surface area contributed by atoms with Gasteiger partial charge >= 0.3 is 11.8 Å². The molecule has 0 bridgehead atoms. The highest BCUT2D eigenvalue weighted by molar-refractivity contribution is 5.99. The number of likely N-dealkylation sites (tertiary alicyclic amines) is 1. The molecule has 0 aliphatic carbocycles. The summed E-state index contributed by atoms with van der Waals surface area (Å²) in [5.74, 6) is -3.01. The predicted molar refractivity (Wildman–Crippen MR) is 143 cm³/mol. The van der Waals surface area contributed by atoms with E-state index in [2.05, 4.69) is 5.10 Å². The van der Waals surface area contributed by atoms with E-state index in [1.807, 2.05) is 0 Å². The van der Waals surface area contributed by atoms with Crippen molar-refractivity contribution in [3.63, 3.8) is 0 Å². The number of ketones is 1. The highest BCUT2D eigenvalue weighted by atomic mass is 19.1. The number of Topliss-reactive ketones (excluding diaryl/α,β-unsaturated/α-hetero) is 1. The standard InChI is InChI=1S/C28H36FN5O7/c1-27(2,3)41-26(39)34(28(4,5)13-21(35)32-14-17-9-7-10-19(29)18(17)15-32)16-22(36)33-12-8-11-20(33)23(37)24-30-31(6)25(38)40-24/h7,9-10,20H,8,11-16H2,1-6H3/t20-/m0/s1. The van der Waals surface area contributed by atoms with E-state index in [0.29, 0.717) is 18.4 Å². The third kappa shape index (κ3) is 6.49. The van der Waals surface area contributed by atoms with E-state index in [0.717, 1.165) is 10.2 Å². The Morgan fingerprint density at radius 1 is 1.12 bits per heavy atom. The average Bonchev–Trinajstić information content (AvgIpc) is 3.60. The molecular formula is C28H36FN5O7. The SMILES string of the molecule is Cn1nc(C(=O)[C@@H]2CCCN2C(=O)CN(C(=O)OC(C)(C)C)C(C)(C)CC(=O)N2Cc3cccc(F)c3C2)oc1=O. The molecule has 1 saturated heterocycles. The number of carbonyl (C=O) groups excluding carboxylic acids is 4. The Bertz CT molecular complexity index is 1420. The molecule has 3 heterocycles. The maximum Gasteiger partial charge on any atom is 0.437 e. The second kappa shape index (κ2) is 11.1. The van der Waals surface area contributed by atoms with Crippen LogP contribution < -0.4 is 5.76 Å². The molecular weight excluding hydrogens is 537 g/mol. The van der Waals surface area contributed by atoms with Crippen LogP contribution in [0.1, 0.15) is 75.7 Å². The molecule has 0 spiro atoms. The number of nitrogens with zero attached hydrogens (tertiary/aromatic N) is 5. The molecule has 0 radical (unpaired) electrons. The fraction of sp³-hybridized carbons (Fsp3) is 0.571. The summed E-state index contributed by atoms with van der Waals surface area (Å²) in [6.45, 7) is 8.53. The summed E-state index contributed by atoms with van der Waals surface area (Å²) < 4.78 is 25.7. The summed E-state index contributed by atoms with van der Waals surface area (Å²) >= 11 is 0. The summed E-state index contributed by atoms with van der Waals surface area (Å²) in [4.78, 5) is 69.1. The molecule has 0 unspecified atom stereocenters. The minimum atomic E-state index is -1.19. The first-order valence-corrected chi connectivity index (χ1v) is 13.5. The molecule has 1 aromatic heterocycles. The van der Waals surface area contributed by atoms with Gasteiger partial charge in [-0.25, -0.2) is 14.0 Å². The molecule has 1 atom stereocenters. The van der Waals surface area contributed by atoms with Crippen LogP contribution in [0.5, 0.6) is 0 Å². The molecule has 1 fully saturated rings. The number of hydrogen-bond donors (Lipinski definition) is 0. The second-order valence-corrected chi connectivity index (χ2v) is 12.1. The Labute approximate surface area is 237 Å². The van der Waals surface area contributed by atoms with Crippen molar-refractivity contribution in [3.8, 4) is 0 Å². The van der Waals surface area contributed by atoms with Gasteiger partial charge in [0.1, 0.15) is 24.0 Å². The van der Waals surface area contributed by atoms with Gasteiger partial charge in [0, 0.05) is 44.2 Å². The average molecular weight is 574 g/mol. The van der Waals surface area contributed by atoms with E-state index in [9.17, 15) is 28.4 Å². The smallest absolute Gasteiger partial charge is 0.437 e. The van der Waals surface area contributed by atoms with Crippen molar-refractivity contribution in [1.29, 1.82) is 0 Å². The molecule has 2 aliphatic rings. The minimum absolute atomic E-state index is 0.115. The van der Waals surface area contributed by atoms with Crippen LogP contribution in [0, 0.1) is 5.82 Å². The van der Waals surface area contributed by atoms with E-state index in [-0.39, 0.29) is 43.7 Å². The van der Waals surface area contributed by atoms with Crippen molar-refractivity contribution in [2.75, 3.05) is 13.1 Å². The van der Waals surface area contributed by atoms with E-state index < -0.39 is 47.3 Å². The number of halogens is 1. The molecule has 41 heavy (non-hydrogen) atoms. The maximum atomic E-state index is 14.3. The number of fused-ring (bicyclic) bond motifs is 1. The number of amides is 3. The first kappa shape index (κ1) is 29.9. The lowest BCUT2D eigenvalue weighted by Crippen LogP contribution is -2.56. The quantitative estimate of drug-likeness (QED) is 0.462. The molecule has 2 aliphatic heterocycles. The fourth-order valence-corrected chi connectivity index (χ4v) is 5.13. The highest BCUT2D eigenvalue weighted by Crippen LogP contribution is 2.30. The number of carbonyl (C=O) groups is 4.